The summed E-state index contributed by atoms with van der Waals surface area (Å²) in [5.41, 5.74) is -0.258. The Bertz CT molecular complexity index is 413. The number of aliphatic hydroxyl groups is 1. The minimum atomic E-state index is -0.793. The molecule has 0 bridgehead atoms. The van der Waals surface area contributed by atoms with E-state index in [0.29, 0.717) is 38.2 Å². The Morgan fingerprint density at radius 1 is 1.26 bits per heavy atom. The molecule has 5 heteroatoms. The monoisotopic (exact) mass is 271 g/mol. The van der Waals surface area contributed by atoms with E-state index in [1.807, 2.05) is 6.92 Å². The van der Waals surface area contributed by atoms with Gasteiger partial charge in [-0.05, 0) is 24.6 Å². The summed E-state index contributed by atoms with van der Waals surface area (Å²) in [5, 5.41) is 13.4. The summed E-state index contributed by atoms with van der Waals surface area (Å²) in [6.07, 6.45) is 1.15. The highest BCUT2D eigenvalue weighted by Crippen LogP contribution is 2.22. The molecule has 1 fully saturated rings. The van der Waals surface area contributed by atoms with Crippen LogP contribution < -0.4 is 5.32 Å². The fourth-order valence-electron chi connectivity index (χ4n) is 2.21. The maximum absolute atomic E-state index is 13.1. The topological polar surface area (TPSA) is 41.5 Å². The SMILES string of the molecule is CC(NCC1(O)CCOCC1)c1cc(F)cc(F)c1. The molecule has 1 unspecified atom stereocenters. The first-order chi connectivity index (χ1) is 8.98. The molecule has 3 nitrogen and oxygen atoms in total. The first kappa shape index (κ1) is 14.4. The molecule has 1 heterocycles. The van der Waals surface area contributed by atoms with Gasteiger partial charge < -0.3 is 15.2 Å². The summed E-state index contributed by atoms with van der Waals surface area (Å²) >= 11 is 0. The van der Waals surface area contributed by atoms with Crippen molar-refractivity contribution in [2.45, 2.75) is 31.4 Å². The molecule has 2 N–H and O–H groups in total. The van der Waals surface area contributed by atoms with Crippen molar-refractivity contribution in [3.05, 3.63) is 35.4 Å². The van der Waals surface area contributed by atoms with Gasteiger partial charge in [0.2, 0.25) is 0 Å². The van der Waals surface area contributed by atoms with Crippen LogP contribution in [0.4, 0.5) is 8.78 Å². The van der Waals surface area contributed by atoms with Gasteiger partial charge in [-0.25, -0.2) is 8.78 Å². The Balaban J connectivity index is 1.95. The molecule has 0 saturated carbocycles. The standard InChI is InChI=1S/C14H19F2NO2/c1-10(11-6-12(15)8-13(16)7-11)17-9-14(18)2-4-19-5-3-14/h6-8,10,17-18H,2-5,9H2,1H3. The number of benzene rings is 1. The smallest absolute Gasteiger partial charge is 0.126 e. The third-order valence-electron chi connectivity index (χ3n) is 3.55. The maximum Gasteiger partial charge on any atom is 0.126 e. The van der Waals surface area contributed by atoms with Crippen LogP contribution in [0.3, 0.4) is 0 Å². The second-order valence-electron chi connectivity index (χ2n) is 5.14. The van der Waals surface area contributed by atoms with Crippen LogP contribution >= 0.6 is 0 Å². The van der Waals surface area contributed by atoms with Gasteiger partial charge in [0.1, 0.15) is 11.6 Å². The summed E-state index contributed by atoms with van der Waals surface area (Å²) in [4.78, 5) is 0. The van der Waals surface area contributed by atoms with E-state index in [1.165, 1.54) is 12.1 Å². The van der Waals surface area contributed by atoms with Crippen LogP contribution in [-0.4, -0.2) is 30.5 Å². The molecule has 106 valence electrons. The Hall–Kier alpha value is -1.04. The molecule has 1 atom stereocenters. The van der Waals surface area contributed by atoms with Crippen molar-refractivity contribution < 1.29 is 18.6 Å². The van der Waals surface area contributed by atoms with E-state index in [1.54, 1.807) is 0 Å². The predicted octanol–water partition coefficient (Wildman–Crippen LogP) is 2.16. The lowest BCUT2D eigenvalue weighted by atomic mass is 9.94. The zero-order chi connectivity index (χ0) is 13.9. The Morgan fingerprint density at radius 3 is 2.42 bits per heavy atom. The average molecular weight is 271 g/mol. The average Bonchev–Trinajstić information content (AvgIpc) is 2.36. The summed E-state index contributed by atoms with van der Waals surface area (Å²) in [5.74, 6) is -1.18. The number of halogens is 2. The zero-order valence-corrected chi connectivity index (χ0v) is 11.0. The minimum absolute atomic E-state index is 0.225. The fraction of sp³-hybridized carbons (Fsp3) is 0.571. The van der Waals surface area contributed by atoms with Gasteiger partial charge in [-0.3, -0.25) is 0 Å². The van der Waals surface area contributed by atoms with Gasteiger partial charge >= 0.3 is 0 Å². The molecule has 0 spiro atoms. The molecule has 19 heavy (non-hydrogen) atoms. The van der Waals surface area contributed by atoms with Crippen molar-refractivity contribution in [3.8, 4) is 0 Å². The molecule has 1 aromatic rings. The third-order valence-corrected chi connectivity index (χ3v) is 3.55. The zero-order valence-electron chi connectivity index (χ0n) is 11.0. The van der Waals surface area contributed by atoms with Crippen LogP contribution in [0.15, 0.2) is 18.2 Å². The molecule has 1 saturated heterocycles. The van der Waals surface area contributed by atoms with Gasteiger partial charge in [-0.1, -0.05) is 0 Å². The van der Waals surface area contributed by atoms with Gasteiger partial charge in [0.15, 0.2) is 0 Å². The lowest BCUT2D eigenvalue weighted by molar-refractivity contribution is -0.0626. The van der Waals surface area contributed by atoms with E-state index in [-0.39, 0.29) is 6.04 Å². The fourth-order valence-corrected chi connectivity index (χ4v) is 2.21. The van der Waals surface area contributed by atoms with Crippen LogP contribution in [0.2, 0.25) is 0 Å². The Labute approximate surface area is 111 Å². The van der Waals surface area contributed by atoms with E-state index in [4.69, 9.17) is 4.74 Å². The number of nitrogens with one attached hydrogen (secondary N) is 1. The molecule has 1 aliphatic heterocycles. The summed E-state index contributed by atoms with van der Waals surface area (Å²) in [7, 11) is 0. The largest absolute Gasteiger partial charge is 0.388 e. The van der Waals surface area contributed by atoms with Gasteiger partial charge in [0.05, 0.1) is 5.60 Å². The van der Waals surface area contributed by atoms with Crippen LogP contribution in [0.5, 0.6) is 0 Å². The summed E-state index contributed by atoms with van der Waals surface area (Å²) in [6, 6.07) is 3.23. The van der Waals surface area contributed by atoms with Crippen molar-refractivity contribution >= 4 is 0 Å². The molecular formula is C14H19F2NO2. The summed E-state index contributed by atoms with van der Waals surface area (Å²) in [6.45, 7) is 3.29. The molecule has 1 aromatic carbocycles. The van der Waals surface area contributed by atoms with Crippen LogP contribution in [0, 0.1) is 11.6 Å². The van der Waals surface area contributed by atoms with Crippen molar-refractivity contribution in [2.75, 3.05) is 19.8 Å². The Morgan fingerprint density at radius 2 is 1.84 bits per heavy atom. The highest BCUT2D eigenvalue weighted by atomic mass is 19.1. The molecular weight excluding hydrogens is 252 g/mol. The quantitative estimate of drug-likeness (QED) is 0.881. The first-order valence-electron chi connectivity index (χ1n) is 6.48. The number of rotatable bonds is 4. The van der Waals surface area contributed by atoms with E-state index in [0.717, 1.165) is 6.07 Å². The number of hydrogen-bond donors (Lipinski definition) is 2. The Kier molecular flexibility index (Phi) is 4.50. The van der Waals surface area contributed by atoms with Crippen molar-refractivity contribution in [1.29, 1.82) is 0 Å². The van der Waals surface area contributed by atoms with Crippen LogP contribution in [0.1, 0.15) is 31.4 Å². The lowest BCUT2D eigenvalue weighted by Crippen LogP contribution is -2.45. The van der Waals surface area contributed by atoms with E-state index >= 15 is 0 Å². The number of hydrogen-bond acceptors (Lipinski definition) is 3. The van der Waals surface area contributed by atoms with Crippen LogP contribution in [0.25, 0.3) is 0 Å². The van der Waals surface area contributed by atoms with Crippen molar-refractivity contribution in [1.82, 2.24) is 5.32 Å². The second-order valence-corrected chi connectivity index (χ2v) is 5.14. The van der Waals surface area contributed by atoms with E-state index < -0.39 is 17.2 Å². The second kappa shape index (κ2) is 5.94. The van der Waals surface area contributed by atoms with Gasteiger partial charge in [0, 0.05) is 44.7 Å². The lowest BCUT2D eigenvalue weighted by Gasteiger charge is -2.33. The van der Waals surface area contributed by atoms with Crippen LogP contribution in [-0.2, 0) is 4.74 Å². The molecule has 0 amide bonds. The predicted molar refractivity (Wildman–Crippen MR) is 67.8 cm³/mol. The highest BCUT2D eigenvalue weighted by Gasteiger charge is 2.29. The molecule has 0 radical (unpaired) electrons. The third kappa shape index (κ3) is 3.96. The van der Waals surface area contributed by atoms with E-state index in [2.05, 4.69) is 5.32 Å². The molecule has 2 rings (SSSR count). The molecule has 0 aromatic heterocycles. The van der Waals surface area contributed by atoms with Crippen molar-refractivity contribution in [3.63, 3.8) is 0 Å². The molecule has 1 aliphatic rings. The summed E-state index contributed by atoms with van der Waals surface area (Å²) < 4.78 is 31.5. The van der Waals surface area contributed by atoms with Gasteiger partial charge in [0.25, 0.3) is 0 Å². The highest BCUT2D eigenvalue weighted by molar-refractivity contribution is 5.21. The maximum atomic E-state index is 13.1. The first-order valence-corrected chi connectivity index (χ1v) is 6.48. The van der Waals surface area contributed by atoms with E-state index in [9.17, 15) is 13.9 Å². The van der Waals surface area contributed by atoms with Gasteiger partial charge in [-0.15, -0.1) is 0 Å². The minimum Gasteiger partial charge on any atom is -0.388 e. The normalized spacial score (nSPS) is 20.2. The van der Waals surface area contributed by atoms with Crippen molar-refractivity contribution in [2.24, 2.45) is 0 Å². The van der Waals surface area contributed by atoms with Gasteiger partial charge in [-0.2, -0.15) is 0 Å². The number of ether oxygens (including phenoxy) is 1. The molecule has 0 aliphatic carbocycles.